The van der Waals surface area contributed by atoms with Crippen LogP contribution in [0.1, 0.15) is 39.2 Å². The van der Waals surface area contributed by atoms with Gasteiger partial charge in [0.2, 0.25) is 0 Å². The molecule has 1 aromatic heterocycles. The maximum absolute atomic E-state index is 11.8. The van der Waals surface area contributed by atoms with E-state index in [-0.39, 0.29) is 11.6 Å². The Bertz CT molecular complexity index is 731. The molecule has 2 heterocycles. The van der Waals surface area contributed by atoms with Gasteiger partial charge in [-0.05, 0) is 76.5 Å². The van der Waals surface area contributed by atoms with E-state index in [0.29, 0.717) is 0 Å². The number of hydrogen-bond donors (Lipinski definition) is 0. The summed E-state index contributed by atoms with van der Waals surface area (Å²) in [5.74, 6) is 0.877. The summed E-state index contributed by atoms with van der Waals surface area (Å²) in [6.07, 6.45) is 3.73. The molecule has 0 N–H and O–H groups in total. The van der Waals surface area contributed by atoms with Gasteiger partial charge in [0, 0.05) is 18.2 Å². The molecule has 0 amide bonds. The van der Waals surface area contributed by atoms with Crippen molar-refractivity contribution in [1.29, 1.82) is 0 Å². The van der Waals surface area contributed by atoms with Crippen LogP contribution in [-0.4, -0.2) is 40.9 Å². The minimum absolute atomic E-state index is 0.0469. The van der Waals surface area contributed by atoms with E-state index in [1.54, 1.807) is 12.1 Å². The monoisotopic (exact) mass is 341 g/mol. The van der Waals surface area contributed by atoms with E-state index in [1.165, 1.54) is 30.6 Å². The number of aromatic nitrogens is 2. The van der Waals surface area contributed by atoms with Gasteiger partial charge in [-0.3, -0.25) is 4.79 Å². The molecular weight excluding hydrogens is 314 g/mol. The number of nitrogens with zero attached hydrogens (tertiary/aromatic N) is 3. The number of ether oxygens (including phenoxy) is 1. The summed E-state index contributed by atoms with van der Waals surface area (Å²) in [6, 6.07) is 11.3. The predicted molar refractivity (Wildman–Crippen MR) is 100 cm³/mol. The fourth-order valence-corrected chi connectivity index (χ4v) is 3.16. The van der Waals surface area contributed by atoms with Gasteiger partial charge in [0.15, 0.2) is 0 Å². The largest absolute Gasteiger partial charge is 0.494 e. The molecule has 0 atom stereocenters. The average molecular weight is 341 g/mol. The second kappa shape index (κ2) is 8.30. The lowest BCUT2D eigenvalue weighted by Crippen LogP contribution is -2.23. The summed E-state index contributed by atoms with van der Waals surface area (Å²) in [4.78, 5) is 14.3. The van der Waals surface area contributed by atoms with Crippen molar-refractivity contribution in [1.82, 2.24) is 14.7 Å². The Morgan fingerprint density at radius 1 is 1.08 bits per heavy atom. The van der Waals surface area contributed by atoms with Crippen LogP contribution in [0.4, 0.5) is 0 Å². The quantitative estimate of drug-likeness (QED) is 0.725. The molecular formula is C20H27N3O2. The molecule has 25 heavy (non-hydrogen) atoms. The zero-order chi connectivity index (χ0) is 17.6. The van der Waals surface area contributed by atoms with Crippen molar-refractivity contribution in [2.24, 2.45) is 0 Å². The van der Waals surface area contributed by atoms with E-state index >= 15 is 0 Å². The third-order valence-electron chi connectivity index (χ3n) is 4.55. The van der Waals surface area contributed by atoms with Crippen molar-refractivity contribution in [3.05, 3.63) is 46.8 Å². The molecule has 0 bridgehead atoms. The topological polar surface area (TPSA) is 47.4 Å². The van der Waals surface area contributed by atoms with E-state index in [4.69, 9.17) is 4.74 Å². The van der Waals surface area contributed by atoms with Crippen LogP contribution in [0.3, 0.4) is 0 Å². The van der Waals surface area contributed by atoms with Crippen molar-refractivity contribution >= 4 is 0 Å². The van der Waals surface area contributed by atoms with Crippen LogP contribution in [0, 0.1) is 0 Å². The summed E-state index contributed by atoms with van der Waals surface area (Å²) in [5, 5.41) is 4.45. The molecule has 1 aromatic carbocycles. The van der Waals surface area contributed by atoms with E-state index in [1.807, 2.05) is 38.1 Å². The number of rotatable bonds is 7. The van der Waals surface area contributed by atoms with Gasteiger partial charge in [0.05, 0.1) is 18.3 Å². The number of benzene rings is 1. The lowest BCUT2D eigenvalue weighted by molar-refractivity contribution is 0.263. The highest BCUT2D eigenvalue weighted by Crippen LogP contribution is 2.20. The van der Waals surface area contributed by atoms with Crippen LogP contribution in [0.15, 0.2) is 41.2 Å². The van der Waals surface area contributed by atoms with Gasteiger partial charge in [0.1, 0.15) is 5.75 Å². The van der Waals surface area contributed by atoms with E-state index in [9.17, 15) is 4.79 Å². The van der Waals surface area contributed by atoms with Crippen LogP contribution in [0.25, 0.3) is 11.3 Å². The summed E-state index contributed by atoms with van der Waals surface area (Å²) in [6.45, 7) is 8.25. The third-order valence-corrected chi connectivity index (χ3v) is 4.55. The second-order valence-corrected chi connectivity index (χ2v) is 6.87. The summed E-state index contributed by atoms with van der Waals surface area (Å²) in [5.41, 5.74) is 1.71. The SMILES string of the molecule is CC(C)n1nc(-c2ccc(OCCCN3CCCC3)cc2)ccc1=O. The minimum atomic E-state index is -0.0725. The highest BCUT2D eigenvalue weighted by atomic mass is 16.5. The Morgan fingerprint density at radius 3 is 2.48 bits per heavy atom. The van der Waals surface area contributed by atoms with Crippen molar-refractivity contribution in [2.45, 2.75) is 39.2 Å². The molecule has 0 spiro atoms. The predicted octanol–water partition coefficient (Wildman–Crippen LogP) is 3.36. The first kappa shape index (κ1) is 17.7. The van der Waals surface area contributed by atoms with Crippen molar-refractivity contribution < 1.29 is 4.74 Å². The Morgan fingerprint density at radius 2 is 1.80 bits per heavy atom. The first-order valence-electron chi connectivity index (χ1n) is 9.19. The lowest BCUT2D eigenvalue weighted by atomic mass is 10.1. The Hall–Kier alpha value is -2.14. The van der Waals surface area contributed by atoms with Gasteiger partial charge in [-0.25, -0.2) is 4.68 Å². The Balaban J connectivity index is 1.56. The first-order chi connectivity index (χ1) is 12.1. The van der Waals surface area contributed by atoms with Gasteiger partial charge in [-0.2, -0.15) is 5.10 Å². The number of hydrogen-bond acceptors (Lipinski definition) is 4. The smallest absolute Gasteiger partial charge is 0.267 e. The molecule has 1 fully saturated rings. The fraction of sp³-hybridized carbons (Fsp3) is 0.500. The molecule has 5 heteroatoms. The van der Waals surface area contributed by atoms with Crippen LogP contribution < -0.4 is 10.3 Å². The lowest BCUT2D eigenvalue weighted by Gasteiger charge is -2.14. The highest BCUT2D eigenvalue weighted by Gasteiger charge is 2.10. The van der Waals surface area contributed by atoms with Crippen molar-refractivity contribution in [3.8, 4) is 17.0 Å². The summed E-state index contributed by atoms with van der Waals surface area (Å²) >= 11 is 0. The van der Waals surface area contributed by atoms with Crippen molar-refractivity contribution in [3.63, 3.8) is 0 Å². The number of likely N-dealkylation sites (tertiary alicyclic amines) is 1. The molecule has 0 unspecified atom stereocenters. The van der Waals surface area contributed by atoms with E-state index < -0.39 is 0 Å². The zero-order valence-corrected chi connectivity index (χ0v) is 15.1. The Kier molecular flexibility index (Phi) is 5.87. The zero-order valence-electron chi connectivity index (χ0n) is 15.1. The Labute approximate surface area is 149 Å². The second-order valence-electron chi connectivity index (χ2n) is 6.87. The van der Waals surface area contributed by atoms with Crippen LogP contribution in [-0.2, 0) is 0 Å². The highest BCUT2D eigenvalue weighted by molar-refractivity contribution is 5.59. The third kappa shape index (κ3) is 4.69. The molecule has 1 aliphatic rings. The molecule has 5 nitrogen and oxygen atoms in total. The van der Waals surface area contributed by atoms with Crippen LogP contribution >= 0.6 is 0 Å². The normalized spacial score (nSPS) is 15.0. The van der Waals surface area contributed by atoms with Gasteiger partial charge >= 0.3 is 0 Å². The van der Waals surface area contributed by atoms with E-state index in [0.717, 1.165) is 36.6 Å². The van der Waals surface area contributed by atoms with E-state index in [2.05, 4.69) is 10.00 Å². The maximum atomic E-state index is 11.8. The maximum Gasteiger partial charge on any atom is 0.267 e. The molecule has 0 radical (unpaired) electrons. The van der Waals surface area contributed by atoms with Gasteiger partial charge in [-0.15, -0.1) is 0 Å². The summed E-state index contributed by atoms with van der Waals surface area (Å²) in [7, 11) is 0. The molecule has 2 aromatic rings. The molecule has 1 aliphatic heterocycles. The molecule has 134 valence electrons. The van der Waals surface area contributed by atoms with Crippen LogP contribution in [0.5, 0.6) is 5.75 Å². The molecule has 0 saturated carbocycles. The minimum Gasteiger partial charge on any atom is -0.494 e. The molecule has 1 saturated heterocycles. The molecule has 3 rings (SSSR count). The first-order valence-corrected chi connectivity index (χ1v) is 9.19. The molecule has 0 aliphatic carbocycles. The van der Waals surface area contributed by atoms with Gasteiger partial charge in [0.25, 0.3) is 5.56 Å². The van der Waals surface area contributed by atoms with Crippen LogP contribution in [0.2, 0.25) is 0 Å². The van der Waals surface area contributed by atoms with Gasteiger partial charge < -0.3 is 9.64 Å². The van der Waals surface area contributed by atoms with Crippen molar-refractivity contribution in [2.75, 3.05) is 26.2 Å². The summed E-state index contributed by atoms with van der Waals surface area (Å²) < 4.78 is 7.35. The standard InChI is InChI=1S/C20H27N3O2/c1-16(2)23-20(24)11-10-19(21-23)17-6-8-18(9-7-17)25-15-5-14-22-12-3-4-13-22/h6-11,16H,3-5,12-15H2,1-2H3. The fourth-order valence-electron chi connectivity index (χ4n) is 3.16. The average Bonchev–Trinajstić information content (AvgIpc) is 3.13. The van der Waals surface area contributed by atoms with Gasteiger partial charge in [-0.1, -0.05) is 0 Å².